The second kappa shape index (κ2) is 15.6. The fourth-order valence-corrected chi connectivity index (χ4v) is 7.09. The molecule has 4 atom stereocenters. The number of anilines is 2. The van der Waals surface area contributed by atoms with E-state index in [1.165, 1.54) is 18.7 Å². The Morgan fingerprint density at radius 1 is 0.941 bits per heavy atom. The Balaban J connectivity index is 0.000000722. The number of carboxylic acids is 1. The van der Waals surface area contributed by atoms with Crippen molar-refractivity contribution in [1.29, 1.82) is 0 Å². The Hall–Kier alpha value is -0.420. The van der Waals surface area contributed by atoms with Crippen LogP contribution in [0, 0.1) is 10.7 Å². The van der Waals surface area contributed by atoms with Crippen LogP contribution in [0.15, 0.2) is 0 Å². The number of nitrogens with one attached hydrogen (secondary N) is 2. The Labute approximate surface area is 237 Å². The number of nitrogens with zero attached hydrogens (tertiary/aromatic N) is 1. The fraction of sp³-hybridized carbons (Fsp3) is 0.526. The minimum atomic E-state index is -1.55. The van der Waals surface area contributed by atoms with E-state index in [0.717, 1.165) is 0 Å². The van der Waals surface area contributed by atoms with Crippen LogP contribution in [0.25, 0.3) is 0 Å². The fourth-order valence-electron chi connectivity index (χ4n) is 2.47. The first-order valence-electron chi connectivity index (χ1n) is 9.57. The van der Waals surface area contributed by atoms with E-state index in [1.54, 1.807) is 14.1 Å². The normalized spacial score (nSPS) is 14.2. The van der Waals surface area contributed by atoms with Crippen LogP contribution in [0.4, 0.5) is 11.4 Å². The molecule has 0 saturated carbocycles. The number of hydrogen-bond donors (Lipinski definition) is 8. The number of benzene rings is 1. The van der Waals surface area contributed by atoms with Crippen LogP contribution in [0.3, 0.4) is 0 Å². The summed E-state index contributed by atoms with van der Waals surface area (Å²) >= 11 is 5.80. The summed E-state index contributed by atoms with van der Waals surface area (Å²) in [4.78, 5) is 35.9. The maximum absolute atomic E-state index is 11.6. The molecule has 0 spiro atoms. The van der Waals surface area contributed by atoms with E-state index in [1.807, 2.05) is 67.8 Å². The molecule has 0 aliphatic rings. The summed E-state index contributed by atoms with van der Waals surface area (Å²) in [5.74, 6) is -1.64. The zero-order chi connectivity index (χ0) is 26.9. The third kappa shape index (κ3) is 9.22. The van der Waals surface area contributed by atoms with Crippen molar-refractivity contribution in [1.82, 2.24) is 5.32 Å². The van der Waals surface area contributed by atoms with Crippen LogP contribution in [0.2, 0.25) is 0 Å². The molecule has 0 fully saturated rings. The van der Waals surface area contributed by atoms with Crippen molar-refractivity contribution in [2.45, 2.75) is 38.3 Å². The molecular formula is C19H28I3N3O9. The van der Waals surface area contributed by atoms with Crippen molar-refractivity contribution in [3.05, 3.63) is 16.3 Å². The van der Waals surface area contributed by atoms with Gasteiger partial charge in [-0.25, -0.2) is 4.79 Å². The summed E-state index contributed by atoms with van der Waals surface area (Å²) < 4.78 is 1.52. The Bertz CT molecular complexity index is 889. The van der Waals surface area contributed by atoms with Crippen LogP contribution in [0.1, 0.15) is 24.2 Å². The minimum absolute atomic E-state index is 0.0727. The van der Waals surface area contributed by atoms with Gasteiger partial charge in [-0.05, 0) is 74.8 Å². The quantitative estimate of drug-likeness (QED) is 0.154. The van der Waals surface area contributed by atoms with Gasteiger partial charge in [0.25, 0.3) is 0 Å². The smallest absolute Gasteiger partial charge is 0.338 e. The molecule has 8 N–H and O–H groups in total. The zero-order valence-electron chi connectivity index (χ0n) is 18.7. The van der Waals surface area contributed by atoms with Gasteiger partial charge in [0.15, 0.2) is 0 Å². The van der Waals surface area contributed by atoms with Gasteiger partial charge in [-0.15, -0.1) is 0 Å². The molecule has 0 radical (unpaired) electrons. The SMILES string of the molecule is CC(=O)Nc1c(I)c(C(=O)O)c(I)c(N(C)C(C)=O)c1I.CNCC(O)C(O)C(O)C(O)CO. The second-order valence-electron chi connectivity index (χ2n) is 6.96. The average Bonchev–Trinajstić information content (AvgIpc) is 2.75. The number of carbonyl (C=O) groups is 3. The van der Waals surface area contributed by atoms with E-state index in [-0.39, 0.29) is 23.9 Å². The molecule has 0 aliphatic carbocycles. The van der Waals surface area contributed by atoms with E-state index in [4.69, 9.17) is 20.4 Å². The first-order chi connectivity index (χ1) is 15.6. The minimum Gasteiger partial charge on any atom is -0.478 e. The van der Waals surface area contributed by atoms with Crippen molar-refractivity contribution >= 4 is 96.9 Å². The van der Waals surface area contributed by atoms with Crippen LogP contribution >= 0.6 is 67.8 Å². The van der Waals surface area contributed by atoms with Gasteiger partial charge in [0.2, 0.25) is 11.8 Å². The number of carbonyl (C=O) groups excluding carboxylic acids is 2. The largest absolute Gasteiger partial charge is 0.478 e. The third-order valence-electron chi connectivity index (χ3n) is 4.36. The molecule has 0 bridgehead atoms. The number of aliphatic hydroxyl groups is 5. The van der Waals surface area contributed by atoms with Gasteiger partial charge < -0.3 is 46.2 Å². The number of aromatic carboxylic acids is 1. The van der Waals surface area contributed by atoms with Crippen LogP contribution < -0.4 is 15.5 Å². The molecule has 12 nitrogen and oxygen atoms in total. The number of rotatable bonds is 9. The topological polar surface area (TPSA) is 200 Å². The molecular weight excluding hydrogens is 795 g/mol. The Morgan fingerprint density at radius 3 is 1.82 bits per heavy atom. The van der Waals surface area contributed by atoms with Crippen molar-refractivity contribution in [2.75, 3.05) is 37.5 Å². The maximum atomic E-state index is 11.6. The lowest BCUT2D eigenvalue weighted by atomic mass is 10.0. The first-order valence-corrected chi connectivity index (χ1v) is 12.8. The third-order valence-corrected chi connectivity index (χ3v) is 7.53. The predicted octanol–water partition coefficient (Wildman–Crippen LogP) is -0.219. The molecule has 4 unspecified atom stereocenters. The maximum Gasteiger partial charge on any atom is 0.338 e. The number of aliphatic hydroxyl groups excluding tert-OH is 5. The summed E-state index contributed by atoms with van der Waals surface area (Å²) in [6.45, 7) is 2.17. The number of hydrogen-bond acceptors (Lipinski definition) is 9. The molecule has 1 aromatic rings. The highest BCUT2D eigenvalue weighted by atomic mass is 127. The highest BCUT2D eigenvalue weighted by Gasteiger charge is 2.29. The van der Waals surface area contributed by atoms with Gasteiger partial charge in [0.1, 0.15) is 18.3 Å². The van der Waals surface area contributed by atoms with Crippen molar-refractivity contribution < 1.29 is 45.0 Å². The standard InChI is InChI=1S/C12H11I3N2O4.C7H17NO5/c1-4(18)16-10-7(13)6(12(20)21)8(14)11(9(10)15)17(3)5(2)19;1-8-2-4(10)6(12)7(13)5(11)3-9/h1-3H3,(H,16,18)(H,20,21);4-13H,2-3H2,1H3. The molecule has 194 valence electrons. The molecule has 34 heavy (non-hydrogen) atoms. The number of carboxylic acid groups (broad SMARTS) is 1. The molecule has 0 saturated heterocycles. The zero-order valence-corrected chi connectivity index (χ0v) is 25.2. The van der Waals surface area contributed by atoms with E-state index < -0.39 is 37.0 Å². The summed E-state index contributed by atoms with van der Waals surface area (Å²) in [5, 5.41) is 59.5. The van der Waals surface area contributed by atoms with E-state index in [0.29, 0.717) is 22.1 Å². The Kier molecular flexibility index (Phi) is 15.4. The van der Waals surface area contributed by atoms with E-state index in [9.17, 15) is 24.6 Å². The highest BCUT2D eigenvalue weighted by Crippen LogP contribution is 2.40. The van der Waals surface area contributed by atoms with Crippen molar-refractivity contribution in [3.63, 3.8) is 0 Å². The van der Waals surface area contributed by atoms with Gasteiger partial charge in [-0.1, -0.05) is 0 Å². The van der Waals surface area contributed by atoms with Gasteiger partial charge in [0.05, 0.1) is 40.4 Å². The summed E-state index contributed by atoms with van der Waals surface area (Å²) in [6.07, 6.45) is -5.65. The lowest BCUT2D eigenvalue weighted by molar-refractivity contribution is -0.116. The molecule has 1 rings (SSSR count). The van der Waals surface area contributed by atoms with Gasteiger partial charge >= 0.3 is 5.97 Å². The molecule has 15 heteroatoms. The summed E-state index contributed by atoms with van der Waals surface area (Å²) in [6, 6.07) is 0. The van der Waals surface area contributed by atoms with Crippen LogP contribution in [0.5, 0.6) is 0 Å². The lowest BCUT2D eigenvalue weighted by Crippen LogP contribution is -2.48. The lowest BCUT2D eigenvalue weighted by Gasteiger charge is -2.25. The monoisotopic (exact) mass is 823 g/mol. The summed E-state index contributed by atoms with van der Waals surface area (Å²) in [5.41, 5.74) is 0.957. The van der Waals surface area contributed by atoms with Gasteiger partial charge in [-0.2, -0.15) is 0 Å². The highest BCUT2D eigenvalue weighted by molar-refractivity contribution is 14.1. The summed E-state index contributed by atoms with van der Waals surface area (Å²) in [7, 11) is 3.14. The molecule has 0 aromatic heterocycles. The predicted molar refractivity (Wildman–Crippen MR) is 150 cm³/mol. The number of amides is 2. The van der Waals surface area contributed by atoms with Crippen molar-refractivity contribution in [3.8, 4) is 0 Å². The van der Waals surface area contributed by atoms with E-state index >= 15 is 0 Å². The molecule has 1 aromatic carbocycles. The first kappa shape index (κ1) is 33.6. The van der Waals surface area contributed by atoms with Gasteiger partial charge in [0, 0.05) is 27.4 Å². The molecule has 2 amide bonds. The average molecular weight is 823 g/mol. The number of halogens is 3. The molecule has 0 aliphatic heterocycles. The van der Waals surface area contributed by atoms with Crippen LogP contribution in [-0.4, -0.2) is 100 Å². The molecule has 0 heterocycles. The number of likely N-dealkylation sites (N-methyl/N-ethyl adjacent to an activating group) is 1. The van der Waals surface area contributed by atoms with E-state index in [2.05, 4.69) is 10.6 Å². The van der Waals surface area contributed by atoms with Gasteiger partial charge in [-0.3, -0.25) is 9.59 Å². The van der Waals surface area contributed by atoms with Crippen molar-refractivity contribution in [2.24, 2.45) is 0 Å². The van der Waals surface area contributed by atoms with Crippen LogP contribution in [-0.2, 0) is 9.59 Å². The Morgan fingerprint density at radius 2 is 1.44 bits per heavy atom. The second-order valence-corrected chi connectivity index (χ2v) is 10.2.